The Bertz CT molecular complexity index is 156. The number of hydrogen-bond donors (Lipinski definition) is 1. The van der Waals surface area contributed by atoms with E-state index in [-0.39, 0.29) is 0 Å². The Morgan fingerprint density at radius 1 is 1.21 bits per heavy atom. The van der Waals surface area contributed by atoms with Gasteiger partial charge in [0.05, 0.1) is 6.67 Å². The summed E-state index contributed by atoms with van der Waals surface area (Å²) in [6, 6.07) is 0. The molecule has 0 amide bonds. The van der Waals surface area contributed by atoms with Crippen molar-refractivity contribution in [3.8, 4) is 0 Å². The molecule has 3 heteroatoms. The highest BCUT2D eigenvalue weighted by Crippen LogP contribution is 2.14. The van der Waals surface area contributed by atoms with Crippen LogP contribution in [0.3, 0.4) is 0 Å². The summed E-state index contributed by atoms with van der Waals surface area (Å²) in [7, 11) is 2.22. The molecule has 1 aliphatic rings. The monoisotopic (exact) mass is 199 g/mol. The summed E-state index contributed by atoms with van der Waals surface area (Å²) in [4.78, 5) is 4.94. The lowest BCUT2D eigenvalue weighted by molar-refractivity contribution is 0.112. The van der Waals surface area contributed by atoms with E-state index in [4.69, 9.17) is 0 Å². The molecule has 0 bridgehead atoms. The van der Waals surface area contributed by atoms with Crippen LogP contribution in [-0.2, 0) is 0 Å². The van der Waals surface area contributed by atoms with Gasteiger partial charge in [0, 0.05) is 32.7 Å². The summed E-state index contributed by atoms with van der Waals surface area (Å²) in [6.45, 7) is 13.8. The Morgan fingerprint density at radius 2 is 1.79 bits per heavy atom. The topological polar surface area (TPSA) is 18.5 Å². The second kappa shape index (κ2) is 5.10. The smallest absolute Gasteiger partial charge is 0.0504 e. The van der Waals surface area contributed by atoms with Crippen LogP contribution < -0.4 is 5.32 Å². The van der Waals surface area contributed by atoms with Crippen molar-refractivity contribution in [1.82, 2.24) is 15.1 Å². The third-order valence-corrected chi connectivity index (χ3v) is 2.40. The minimum atomic E-state index is 0.406. The standard InChI is InChI=1S/C11H25N3/c1-11(2,3)9-13(4)10-14-7-5-12-6-8-14/h12H,5-10H2,1-4H3. The minimum absolute atomic E-state index is 0.406. The molecule has 0 aromatic carbocycles. The largest absolute Gasteiger partial charge is 0.314 e. The Hall–Kier alpha value is -0.120. The molecule has 84 valence electrons. The van der Waals surface area contributed by atoms with Gasteiger partial charge in [0.15, 0.2) is 0 Å². The van der Waals surface area contributed by atoms with Gasteiger partial charge >= 0.3 is 0 Å². The molecule has 0 aromatic heterocycles. The van der Waals surface area contributed by atoms with E-state index in [1.807, 2.05) is 0 Å². The first-order chi connectivity index (χ1) is 6.47. The van der Waals surface area contributed by atoms with Crippen LogP contribution in [0.2, 0.25) is 0 Å². The molecular formula is C11H25N3. The molecule has 1 N–H and O–H groups in total. The average Bonchev–Trinajstić information content (AvgIpc) is 2.02. The van der Waals surface area contributed by atoms with E-state index in [1.54, 1.807) is 0 Å². The third kappa shape index (κ3) is 4.94. The SMILES string of the molecule is CN(CN1CCNCC1)CC(C)(C)C. The predicted molar refractivity (Wildman–Crippen MR) is 61.4 cm³/mol. The fourth-order valence-corrected chi connectivity index (χ4v) is 2.05. The van der Waals surface area contributed by atoms with Crippen molar-refractivity contribution in [2.24, 2.45) is 5.41 Å². The second-order valence-electron chi connectivity index (χ2n) is 5.58. The van der Waals surface area contributed by atoms with Crippen molar-refractivity contribution >= 4 is 0 Å². The van der Waals surface area contributed by atoms with Crippen molar-refractivity contribution in [3.63, 3.8) is 0 Å². The highest BCUT2D eigenvalue weighted by Gasteiger charge is 2.16. The van der Waals surface area contributed by atoms with E-state index in [0.717, 1.165) is 26.3 Å². The highest BCUT2D eigenvalue weighted by atomic mass is 15.3. The zero-order chi connectivity index (χ0) is 10.6. The summed E-state index contributed by atoms with van der Waals surface area (Å²) in [5.74, 6) is 0. The van der Waals surface area contributed by atoms with Crippen molar-refractivity contribution in [1.29, 1.82) is 0 Å². The molecule has 0 saturated carbocycles. The first kappa shape index (κ1) is 12.0. The highest BCUT2D eigenvalue weighted by molar-refractivity contribution is 4.70. The quantitative estimate of drug-likeness (QED) is 0.726. The molecule has 1 rings (SSSR count). The summed E-state index contributed by atoms with van der Waals surface area (Å²) >= 11 is 0. The lowest BCUT2D eigenvalue weighted by Crippen LogP contribution is -2.48. The van der Waals surface area contributed by atoms with Gasteiger partial charge in [-0.05, 0) is 12.5 Å². The second-order valence-corrected chi connectivity index (χ2v) is 5.58. The van der Waals surface area contributed by atoms with Crippen LogP contribution in [0.1, 0.15) is 20.8 Å². The van der Waals surface area contributed by atoms with Crippen molar-refractivity contribution < 1.29 is 0 Å². The number of hydrogen-bond acceptors (Lipinski definition) is 3. The van der Waals surface area contributed by atoms with E-state index in [2.05, 4.69) is 42.9 Å². The van der Waals surface area contributed by atoms with E-state index < -0.39 is 0 Å². The molecule has 0 atom stereocenters. The van der Waals surface area contributed by atoms with Crippen molar-refractivity contribution in [2.45, 2.75) is 20.8 Å². The Morgan fingerprint density at radius 3 is 2.29 bits per heavy atom. The first-order valence-corrected chi connectivity index (χ1v) is 5.59. The van der Waals surface area contributed by atoms with E-state index in [9.17, 15) is 0 Å². The number of nitrogens with one attached hydrogen (secondary N) is 1. The summed E-state index contributed by atoms with van der Waals surface area (Å²) in [5, 5.41) is 3.38. The number of piperazine rings is 1. The summed E-state index contributed by atoms with van der Waals surface area (Å²) in [5.41, 5.74) is 0.406. The molecule has 14 heavy (non-hydrogen) atoms. The van der Waals surface area contributed by atoms with Gasteiger partial charge in [0.2, 0.25) is 0 Å². The van der Waals surface area contributed by atoms with E-state index >= 15 is 0 Å². The Kier molecular flexibility index (Phi) is 4.35. The van der Waals surface area contributed by atoms with Crippen LogP contribution in [0.15, 0.2) is 0 Å². The minimum Gasteiger partial charge on any atom is -0.314 e. The van der Waals surface area contributed by atoms with Crippen LogP contribution in [-0.4, -0.2) is 56.2 Å². The van der Waals surface area contributed by atoms with E-state index in [1.165, 1.54) is 13.1 Å². The number of nitrogens with zero attached hydrogens (tertiary/aromatic N) is 2. The van der Waals surface area contributed by atoms with Gasteiger partial charge in [-0.1, -0.05) is 20.8 Å². The van der Waals surface area contributed by atoms with Gasteiger partial charge in [0.25, 0.3) is 0 Å². The maximum absolute atomic E-state index is 3.38. The van der Waals surface area contributed by atoms with Crippen LogP contribution in [0.4, 0.5) is 0 Å². The van der Waals surface area contributed by atoms with Gasteiger partial charge < -0.3 is 5.32 Å². The zero-order valence-electron chi connectivity index (χ0n) is 10.1. The molecule has 1 fully saturated rings. The molecule has 0 radical (unpaired) electrons. The average molecular weight is 199 g/mol. The van der Waals surface area contributed by atoms with Crippen LogP contribution in [0, 0.1) is 5.41 Å². The number of rotatable bonds is 3. The lowest BCUT2D eigenvalue weighted by atomic mass is 9.96. The fourth-order valence-electron chi connectivity index (χ4n) is 2.05. The fraction of sp³-hybridized carbons (Fsp3) is 1.00. The van der Waals surface area contributed by atoms with Crippen molar-refractivity contribution in [3.05, 3.63) is 0 Å². The van der Waals surface area contributed by atoms with Crippen molar-refractivity contribution in [2.75, 3.05) is 46.4 Å². The predicted octanol–water partition coefficient (Wildman–Crippen LogP) is 0.827. The van der Waals surface area contributed by atoms with Crippen LogP contribution in [0.5, 0.6) is 0 Å². The molecule has 0 spiro atoms. The molecule has 1 heterocycles. The first-order valence-electron chi connectivity index (χ1n) is 5.59. The summed E-state index contributed by atoms with van der Waals surface area (Å²) < 4.78 is 0. The normalized spacial score (nSPS) is 20.4. The van der Waals surface area contributed by atoms with Gasteiger partial charge in [-0.3, -0.25) is 9.80 Å². The zero-order valence-corrected chi connectivity index (χ0v) is 10.1. The maximum atomic E-state index is 3.38. The maximum Gasteiger partial charge on any atom is 0.0504 e. The molecule has 1 saturated heterocycles. The third-order valence-electron chi connectivity index (χ3n) is 2.40. The van der Waals surface area contributed by atoms with Gasteiger partial charge in [-0.25, -0.2) is 0 Å². The molecule has 3 nitrogen and oxygen atoms in total. The van der Waals surface area contributed by atoms with Gasteiger partial charge in [-0.2, -0.15) is 0 Å². The molecule has 0 aliphatic carbocycles. The summed E-state index contributed by atoms with van der Waals surface area (Å²) in [6.07, 6.45) is 0. The molecule has 0 aromatic rings. The Balaban J connectivity index is 2.21. The van der Waals surface area contributed by atoms with E-state index in [0.29, 0.717) is 5.41 Å². The molecule has 0 unspecified atom stereocenters. The lowest BCUT2D eigenvalue weighted by Gasteiger charge is -2.34. The van der Waals surface area contributed by atoms with Gasteiger partial charge in [0.1, 0.15) is 0 Å². The molecule has 1 aliphatic heterocycles. The van der Waals surface area contributed by atoms with Crippen LogP contribution >= 0.6 is 0 Å². The van der Waals surface area contributed by atoms with Crippen LogP contribution in [0.25, 0.3) is 0 Å². The Labute approximate surface area is 88.5 Å². The molecular weight excluding hydrogens is 174 g/mol. The van der Waals surface area contributed by atoms with Gasteiger partial charge in [-0.15, -0.1) is 0 Å².